The number of hydrogen-bond acceptors (Lipinski definition) is 3. The molecule has 1 N–H and O–H groups in total. The van der Waals surface area contributed by atoms with Gasteiger partial charge in [0.25, 0.3) is 15.9 Å². The molecule has 134 valence electrons. The van der Waals surface area contributed by atoms with Gasteiger partial charge >= 0.3 is 0 Å². The lowest BCUT2D eigenvalue weighted by Gasteiger charge is -2.22. The van der Waals surface area contributed by atoms with Gasteiger partial charge in [-0.15, -0.1) is 0 Å². The van der Waals surface area contributed by atoms with E-state index in [1.807, 2.05) is 20.8 Å². The summed E-state index contributed by atoms with van der Waals surface area (Å²) in [5, 5.41) is 3.02. The Balaban J connectivity index is 2.33. The molecule has 0 fully saturated rings. The van der Waals surface area contributed by atoms with Gasteiger partial charge in [-0.05, 0) is 51.1 Å². The topological polar surface area (TPSA) is 66.5 Å². The van der Waals surface area contributed by atoms with Crippen molar-refractivity contribution in [1.82, 2.24) is 5.32 Å². The molecule has 0 heterocycles. The number of anilines is 1. The predicted molar refractivity (Wildman–Crippen MR) is 101 cm³/mol. The lowest BCUT2D eigenvalue weighted by atomic mass is 10.1. The maximum Gasteiger partial charge on any atom is 0.264 e. The molecule has 2 aromatic carbocycles. The zero-order valence-corrected chi connectivity index (χ0v) is 16.1. The van der Waals surface area contributed by atoms with Crippen LogP contribution in [0.5, 0.6) is 0 Å². The summed E-state index contributed by atoms with van der Waals surface area (Å²) in [6.45, 7) is 5.61. The van der Waals surface area contributed by atoms with E-state index in [-0.39, 0.29) is 15.8 Å². The fraction of sp³-hybridized carbons (Fsp3) is 0.278. The highest BCUT2D eigenvalue weighted by Gasteiger charge is 2.23. The van der Waals surface area contributed by atoms with Crippen molar-refractivity contribution < 1.29 is 13.2 Å². The summed E-state index contributed by atoms with van der Waals surface area (Å²) >= 11 is 6.21. The Kier molecular flexibility index (Phi) is 5.44. The van der Waals surface area contributed by atoms with Crippen LogP contribution >= 0.6 is 11.6 Å². The van der Waals surface area contributed by atoms with E-state index < -0.39 is 15.6 Å². The first-order valence-electron chi connectivity index (χ1n) is 7.68. The number of amides is 1. The van der Waals surface area contributed by atoms with Crippen molar-refractivity contribution in [2.75, 3.05) is 11.4 Å². The molecule has 0 spiro atoms. The van der Waals surface area contributed by atoms with Crippen LogP contribution in [0.15, 0.2) is 53.4 Å². The van der Waals surface area contributed by atoms with Crippen LogP contribution in [0.25, 0.3) is 0 Å². The summed E-state index contributed by atoms with van der Waals surface area (Å²) in [5.74, 6) is -0.308. The van der Waals surface area contributed by atoms with Crippen molar-refractivity contribution in [3.63, 3.8) is 0 Å². The summed E-state index contributed by atoms with van der Waals surface area (Å²) in [7, 11) is -2.25. The van der Waals surface area contributed by atoms with Crippen molar-refractivity contribution in [2.45, 2.75) is 31.2 Å². The maximum absolute atomic E-state index is 12.7. The van der Waals surface area contributed by atoms with Crippen molar-refractivity contribution in [3.8, 4) is 0 Å². The molecular weight excluding hydrogens is 360 g/mol. The molecule has 0 bridgehead atoms. The number of hydrogen-bond donors (Lipinski definition) is 1. The molecule has 7 heteroatoms. The van der Waals surface area contributed by atoms with Crippen LogP contribution in [0.1, 0.15) is 31.1 Å². The van der Waals surface area contributed by atoms with Crippen molar-refractivity contribution in [3.05, 3.63) is 59.1 Å². The fourth-order valence-corrected chi connectivity index (χ4v) is 3.65. The maximum atomic E-state index is 12.7. The van der Waals surface area contributed by atoms with Crippen molar-refractivity contribution in [1.29, 1.82) is 0 Å². The Hall–Kier alpha value is -2.05. The fourth-order valence-electron chi connectivity index (χ4n) is 2.18. The Morgan fingerprint density at radius 3 is 2.20 bits per heavy atom. The second kappa shape index (κ2) is 7.06. The first-order chi connectivity index (χ1) is 11.5. The zero-order valence-electron chi connectivity index (χ0n) is 14.6. The van der Waals surface area contributed by atoms with Crippen LogP contribution in [0.2, 0.25) is 5.02 Å². The van der Waals surface area contributed by atoms with Crippen LogP contribution in [0.3, 0.4) is 0 Å². The van der Waals surface area contributed by atoms with Gasteiger partial charge in [-0.25, -0.2) is 8.42 Å². The average Bonchev–Trinajstić information content (AvgIpc) is 2.53. The molecule has 0 aliphatic rings. The molecule has 25 heavy (non-hydrogen) atoms. The number of halogens is 1. The van der Waals surface area contributed by atoms with Gasteiger partial charge in [-0.1, -0.05) is 29.8 Å². The average molecular weight is 381 g/mol. The van der Waals surface area contributed by atoms with Crippen LogP contribution in [0.4, 0.5) is 5.69 Å². The van der Waals surface area contributed by atoms with E-state index in [0.29, 0.717) is 11.3 Å². The number of sulfonamides is 1. The molecule has 1 amide bonds. The van der Waals surface area contributed by atoms with Gasteiger partial charge < -0.3 is 5.32 Å². The number of benzene rings is 2. The second-order valence-corrected chi connectivity index (χ2v) is 9.03. The predicted octanol–water partition coefficient (Wildman–Crippen LogP) is 3.69. The van der Waals surface area contributed by atoms with E-state index in [1.165, 1.54) is 31.3 Å². The molecule has 0 atom stereocenters. The highest BCUT2D eigenvalue weighted by molar-refractivity contribution is 7.92. The number of carbonyl (C=O) groups excluding carboxylic acids is 1. The molecule has 2 aromatic rings. The quantitative estimate of drug-likeness (QED) is 0.879. The third kappa shape index (κ3) is 4.52. The first-order valence-corrected chi connectivity index (χ1v) is 9.50. The Morgan fingerprint density at radius 2 is 1.68 bits per heavy atom. The second-order valence-electron chi connectivity index (χ2n) is 6.65. The third-order valence-electron chi connectivity index (χ3n) is 3.45. The highest BCUT2D eigenvalue weighted by atomic mass is 35.5. The summed E-state index contributed by atoms with van der Waals surface area (Å²) < 4.78 is 26.4. The van der Waals surface area contributed by atoms with Crippen LogP contribution in [-0.4, -0.2) is 26.9 Å². The molecule has 5 nitrogen and oxygen atoms in total. The lowest BCUT2D eigenvalue weighted by Crippen LogP contribution is -2.40. The SMILES string of the molecule is CN(c1ccc(C(=O)NC(C)(C)C)c(Cl)c1)S(=O)(=O)c1ccccc1. The molecule has 0 aromatic heterocycles. The van der Waals surface area contributed by atoms with E-state index >= 15 is 0 Å². The van der Waals surface area contributed by atoms with Crippen LogP contribution in [0, 0.1) is 0 Å². The van der Waals surface area contributed by atoms with Gasteiger partial charge in [-0.2, -0.15) is 0 Å². The number of nitrogens with zero attached hydrogens (tertiary/aromatic N) is 1. The van der Waals surface area contributed by atoms with Gasteiger partial charge in [0.15, 0.2) is 0 Å². The molecule has 0 saturated carbocycles. The van der Waals surface area contributed by atoms with Crippen molar-refractivity contribution >= 4 is 33.2 Å². The molecule has 0 saturated heterocycles. The Bertz CT molecular complexity index is 875. The van der Waals surface area contributed by atoms with E-state index in [2.05, 4.69) is 5.32 Å². The zero-order chi connectivity index (χ0) is 18.8. The van der Waals surface area contributed by atoms with Gasteiger partial charge in [0.2, 0.25) is 0 Å². The number of rotatable bonds is 4. The summed E-state index contributed by atoms with van der Waals surface area (Å²) in [6, 6.07) is 12.7. The normalized spacial score (nSPS) is 11.9. The van der Waals surface area contributed by atoms with E-state index in [1.54, 1.807) is 24.3 Å². The summed E-state index contributed by atoms with van der Waals surface area (Å²) in [4.78, 5) is 12.4. The largest absolute Gasteiger partial charge is 0.347 e. The van der Waals surface area contributed by atoms with Crippen molar-refractivity contribution in [2.24, 2.45) is 0 Å². The monoisotopic (exact) mass is 380 g/mol. The van der Waals surface area contributed by atoms with Crippen LogP contribution in [-0.2, 0) is 10.0 Å². The van der Waals surface area contributed by atoms with Gasteiger partial charge in [0, 0.05) is 12.6 Å². The minimum atomic E-state index is -3.70. The lowest BCUT2D eigenvalue weighted by molar-refractivity contribution is 0.0919. The van der Waals surface area contributed by atoms with Gasteiger partial charge in [0.1, 0.15) is 0 Å². The molecule has 2 rings (SSSR count). The van der Waals surface area contributed by atoms with E-state index in [9.17, 15) is 13.2 Å². The smallest absolute Gasteiger partial charge is 0.264 e. The van der Waals surface area contributed by atoms with E-state index in [4.69, 9.17) is 11.6 Å². The van der Waals surface area contributed by atoms with Gasteiger partial charge in [-0.3, -0.25) is 9.10 Å². The Morgan fingerprint density at radius 1 is 1.08 bits per heavy atom. The first kappa shape index (κ1) is 19.3. The number of carbonyl (C=O) groups is 1. The van der Waals surface area contributed by atoms with Gasteiger partial charge in [0.05, 0.1) is 21.2 Å². The van der Waals surface area contributed by atoms with E-state index in [0.717, 1.165) is 4.31 Å². The molecular formula is C18H21ClN2O3S. The summed E-state index contributed by atoms with van der Waals surface area (Å²) in [5.41, 5.74) is 0.277. The minimum Gasteiger partial charge on any atom is -0.347 e. The molecule has 0 aliphatic heterocycles. The molecule has 0 radical (unpaired) electrons. The highest BCUT2D eigenvalue weighted by Crippen LogP contribution is 2.27. The minimum absolute atomic E-state index is 0.183. The standard InChI is InChI=1S/C18H21ClN2O3S/c1-18(2,3)20-17(22)15-11-10-13(12-16(15)19)21(4)25(23,24)14-8-6-5-7-9-14/h5-12H,1-4H3,(H,20,22). The number of nitrogens with one attached hydrogen (secondary N) is 1. The Labute approximate surface area is 153 Å². The molecule has 0 unspecified atom stereocenters. The van der Waals surface area contributed by atoms with Crippen LogP contribution < -0.4 is 9.62 Å². The molecule has 0 aliphatic carbocycles. The third-order valence-corrected chi connectivity index (χ3v) is 5.56. The summed E-state index contributed by atoms with van der Waals surface area (Å²) in [6.07, 6.45) is 0.